The number of rotatable bonds is 5. The third-order valence-corrected chi connectivity index (χ3v) is 4.95. The lowest BCUT2D eigenvalue weighted by molar-refractivity contribution is -0.142. The van der Waals surface area contributed by atoms with Crippen molar-refractivity contribution in [2.24, 2.45) is 5.92 Å². The van der Waals surface area contributed by atoms with Crippen LogP contribution in [0.5, 0.6) is 0 Å². The average Bonchev–Trinajstić information content (AvgIpc) is 3.14. The summed E-state index contributed by atoms with van der Waals surface area (Å²) in [7, 11) is 0. The average molecular weight is 394 g/mol. The van der Waals surface area contributed by atoms with Crippen LogP contribution in [0.2, 0.25) is 0 Å². The molecule has 2 aromatic rings. The molecule has 2 aromatic heterocycles. The fourth-order valence-electron chi connectivity index (χ4n) is 3.47. The van der Waals surface area contributed by atoms with Crippen LogP contribution >= 0.6 is 0 Å². The largest absolute Gasteiger partial charge is 0.434 e. The van der Waals surface area contributed by atoms with Crippen LogP contribution in [0.15, 0.2) is 35.5 Å². The van der Waals surface area contributed by atoms with E-state index in [-0.39, 0.29) is 11.7 Å². The molecule has 1 amide bonds. The first-order chi connectivity index (χ1) is 13.2. The minimum atomic E-state index is -4.71. The zero-order valence-electron chi connectivity index (χ0n) is 15.4. The lowest BCUT2D eigenvalue weighted by atomic mass is 9.97. The van der Waals surface area contributed by atoms with Gasteiger partial charge in [0.15, 0.2) is 5.69 Å². The zero-order chi connectivity index (χ0) is 20.3. The lowest BCUT2D eigenvalue weighted by Gasteiger charge is -2.23. The molecule has 1 atom stereocenters. The number of amides is 1. The van der Waals surface area contributed by atoms with E-state index in [9.17, 15) is 22.8 Å². The van der Waals surface area contributed by atoms with Gasteiger partial charge in [-0.2, -0.15) is 13.2 Å². The van der Waals surface area contributed by atoms with Gasteiger partial charge in [0.1, 0.15) is 11.9 Å². The molecule has 0 saturated heterocycles. The normalized spacial score (nSPS) is 16.1. The van der Waals surface area contributed by atoms with Gasteiger partial charge < -0.3 is 5.32 Å². The molecule has 9 heteroatoms. The van der Waals surface area contributed by atoms with Crippen molar-refractivity contribution in [2.75, 3.05) is 5.32 Å². The van der Waals surface area contributed by atoms with Gasteiger partial charge in [-0.15, -0.1) is 0 Å². The Bertz CT molecular complexity index is 887. The van der Waals surface area contributed by atoms with Gasteiger partial charge >= 0.3 is 6.18 Å². The van der Waals surface area contributed by atoms with E-state index in [1.54, 1.807) is 18.3 Å². The predicted molar refractivity (Wildman–Crippen MR) is 96.7 cm³/mol. The Morgan fingerprint density at radius 1 is 1.25 bits per heavy atom. The lowest BCUT2D eigenvalue weighted by Crippen LogP contribution is -2.35. The smallest absolute Gasteiger partial charge is 0.309 e. The standard InChI is InChI=1S/C19H21F3N4O2/c1-12-6-7-16(24-9-12)25-18(28)14(8-13-4-2-3-5-13)26-11-15(19(20,21)22)23-10-17(26)27/h6-7,9-11,13-14H,2-5,8H2,1H3,(H,24,25,28). The predicted octanol–water partition coefficient (Wildman–Crippen LogP) is 3.73. The second-order valence-electron chi connectivity index (χ2n) is 7.13. The van der Waals surface area contributed by atoms with Gasteiger partial charge in [-0.1, -0.05) is 31.7 Å². The van der Waals surface area contributed by atoms with Crippen molar-refractivity contribution in [1.82, 2.24) is 14.5 Å². The van der Waals surface area contributed by atoms with E-state index in [1.165, 1.54) is 0 Å². The Morgan fingerprint density at radius 2 is 1.96 bits per heavy atom. The van der Waals surface area contributed by atoms with Gasteiger partial charge in [0.05, 0.1) is 6.20 Å². The number of hydrogen-bond acceptors (Lipinski definition) is 4. The molecule has 2 heterocycles. The quantitative estimate of drug-likeness (QED) is 0.838. The third-order valence-electron chi connectivity index (χ3n) is 4.95. The first-order valence-electron chi connectivity index (χ1n) is 9.13. The molecule has 0 radical (unpaired) electrons. The summed E-state index contributed by atoms with van der Waals surface area (Å²) >= 11 is 0. The highest BCUT2D eigenvalue weighted by Crippen LogP contribution is 2.33. The third kappa shape index (κ3) is 4.76. The number of carbonyl (C=O) groups is 1. The Balaban J connectivity index is 1.93. The first kappa shape index (κ1) is 20.0. The summed E-state index contributed by atoms with van der Waals surface area (Å²) in [5, 5.41) is 2.62. The Hall–Kier alpha value is -2.71. The molecule has 1 N–H and O–H groups in total. The number of pyridine rings is 1. The molecular formula is C19H21F3N4O2. The van der Waals surface area contributed by atoms with E-state index >= 15 is 0 Å². The van der Waals surface area contributed by atoms with E-state index in [4.69, 9.17) is 0 Å². The van der Waals surface area contributed by atoms with Gasteiger partial charge in [0, 0.05) is 12.4 Å². The second-order valence-corrected chi connectivity index (χ2v) is 7.13. The molecule has 1 saturated carbocycles. The number of carbonyl (C=O) groups excluding carboxylic acids is 1. The van der Waals surface area contributed by atoms with E-state index in [0.29, 0.717) is 18.8 Å². The zero-order valence-corrected chi connectivity index (χ0v) is 15.4. The SMILES string of the molecule is Cc1ccc(NC(=O)C(CC2CCCC2)n2cc(C(F)(F)F)ncc2=O)nc1. The van der Waals surface area contributed by atoms with Gasteiger partial charge in [0.2, 0.25) is 5.91 Å². The Labute approximate surface area is 159 Å². The molecule has 1 aliphatic carbocycles. The van der Waals surface area contributed by atoms with E-state index < -0.39 is 29.4 Å². The molecule has 28 heavy (non-hydrogen) atoms. The van der Waals surface area contributed by atoms with Crippen molar-refractivity contribution >= 4 is 11.7 Å². The molecule has 0 aliphatic heterocycles. The van der Waals surface area contributed by atoms with E-state index in [1.807, 2.05) is 6.92 Å². The van der Waals surface area contributed by atoms with E-state index in [0.717, 1.165) is 35.8 Å². The topological polar surface area (TPSA) is 76.9 Å². The van der Waals surface area contributed by atoms with Gasteiger partial charge in [-0.25, -0.2) is 9.97 Å². The van der Waals surface area contributed by atoms with Gasteiger partial charge in [-0.3, -0.25) is 14.2 Å². The number of nitrogens with one attached hydrogen (secondary N) is 1. The van der Waals surface area contributed by atoms with Crippen molar-refractivity contribution in [3.8, 4) is 0 Å². The molecule has 6 nitrogen and oxygen atoms in total. The minimum absolute atomic E-state index is 0.177. The molecule has 1 aliphatic rings. The van der Waals surface area contributed by atoms with Crippen molar-refractivity contribution in [3.63, 3.8) is 0 Å². The number of nitrogens with zero attached hydrogens (tertiary/aromatic N) is 3. The van der Waals surface area contributed by atoms with Gasteiger partial charge in [-0.05, 0) is 30.9 Å². The van der Waals surface area contributed by atoms with Crippen LogP contribution in [-0.4, -0.2) is 20.4 Å². The summed E-state index contributed by atoms with van der Waals surface area (Å²) in [6.07, 6.45) is 2.20. The molecular weight excluding hydrogens is 373 g/mol. The fraction of sp³-hybridized carbons (Fsp3) is 0.474. The maximum atomic E-state index is 13.1. The van der Waals surface area contributed by atoms with Crippen LogP contribution < -0.4 is 10.9 Å². The van der Waals surface area contributed by atoms with Crippen LogP contribution in [0.25, 0.3) is 0 Å². The molecule has 0 spiro atoms. The summed E-state index contributed by atoms with van der Waals surface area (Å²) in [5.41, 5.74) is -1.05. The minimum Gasteiger partial charge on any atom is -0.309 e. The number of halogens is 3. The Kier molecular flexibility index (Phi) is 5.81. The van der Waals surface area contributed by atoms with Crippen LogP contribution in [-0.2, 0) is 11.0 Å². The highest BCUT2D eigenvalue weighted by molar-refractivity contribution is 5.92. The molecule has 1 unspecified atom stereocenters. The monoisotopic (exact) mass is 394 g/mol. The Morgan fingerprint density at radius 3 is 2.57 bits per heavy atom. The highest BCUT2D eigenvalue weighted by Gasteiger charge is 2.35. The summed E-state index contributed by atoms with van der Waals surface area (Å²) < 4.78 is 40.0. The maximum Gasteiger partial charge on any atom is 0.434 e. The fourth-order valence-corrected chi connectivity index (χ4v) is 3.47. The maximum absolute atomic E-state index is 13.1. The summed E-state index contributed by atoms with van der Waals surface area (Å²) in [4.78, 5) is 32.4. The molecule has 0 bridgehead atoms. The van der Waals surface area contributed by atoms with Crippen LogP contribution in [0.4, 0.5) is 19.0 Å². The number of hydrogen-bond donors (Lipinski definition) is 1. The summed E-state index contributed by atoms with van der Waals surface area (Å²) in [5.74, 6) is -0.106. The number of aryl methyl sites for hydroxylation is 1. The van der Waals surface area contributed by atoms with Gasteiger partial charge in [0.25, 0.3) is 5.56 Å². The summed E-state index contributed by atoms with van der Waals surface area (Å²) in [6, 6.07) is 2.30. The van der Waals surface area contributed by atoms with Crippen molar-refractivity contribution in [2.45, 2.75) is 51.2 Å². The highest BCUT2D eigenvalue weighted by atomic mass is 19.4. The van der Waals surface area contributed by atoms with Crippen molar-refractivity contribution < 1.29 is 18.0 Å². The van der Waals surface area contributed by atoms with E-state index in [2.05, 4.69) is 15.3 Å². The molecule has 0 aromatic carbocycles. The molecule has 150 valence electrons. The second kappa shape index (κ2) is 8.12. The van der Waals surface area contributed by atoms with Crippen LogP contribution in [0, 0.1) is 12.8 Å². The van der Waals surface area contributed by atoms with Crippen molar-refractivity contribution in [1.29, 1.82) is 0 Å². The van der Waals surface area contributed by atoms with Crippen LogP contribution in [0.1, 0.15) is 49.4 Å². The molecule has 3 rings (SSSR count). The van der Waals surface area contributed by atoms with Crippen LogP contribution in [0.3, 0.4) is 0 Å². The number of alkyl halides is 3. The first-order valence-corrected chi connectivity index (χ1v) is 9.13. The summed E-state index contributed by atoms with van der Waals surface area (Å²) in [6.45, 7) is 1.84. The van der Waals surface area contributed by atoms with Crippen molar-refractivity contribution in [3.05, 3.63) is 52.3 Å². The molecule has 1 fully saturated rings. The number of aromatic nitrogens is 3. The number of anilines is 1.